The first-order chi connectivity index (χ1) is 14.7. The van der Waals surface area contributed by atoms with Gasteiger partial charge < -0.3 is 13.9 Å². The van der Waals surface area contributed by atoms with E-state index in [1.54, 1.807) is 11.0 Å². The molecule has 4 aromatic rings. The molecule has 2 bridgehead atoms. The van der Waals surface area contributed by atoms with Crippen LogP contribution in [0.5, 0.6) is 0 Å². The molecule has 1 unspecified atom stereocenters. The number of benzene rings is 2. The number of rotatable bonds is 3. The minimum absolute atomic E-state index is 0.139. The second kappa shape index (κ2) is 6.99. The van der Waals surface area contributed by atoms with Gasteiger partial charge in [-0.05, 0) is 30.2 Å². The summed E-state index contributed by atoms with van der Waals surface area (Å²) in [5.41, 5.74) is 4.74. The van der Waals surface area contributed by atoms with E-state index < -0.39 is 0 Å². The number of furan rings is 1. The van der Waals surface area contributed by atoms with Crippen molar-refractivity contribution in [3.05, 3.63) is 94.6 Å². The highest BCUT2D eigenvalue weighted by atomic mass is 16.3. The molecule has 0 spiro atoms. The zero-order chi connectivity index (χ0) is 20.1. The number of quaternary nitrogens is 1. The van der Waals surface area contributed by atoms with Crippen molar-refractivity contribution < 1.29 is 9.32 Å². The summed E-state index contributed by atoms with van der Waals surface area (Å²) in [6, 6.07) is 24.7. The lowest BCUT2D eigenvalue weighted by molar-refractivity contribution is -0.925. The van der Waals surface area contributed by atoms with Crippen molar-refractivity contribution in [2.45, 2.75) is 25.4 Å². The predicted molar refractivity (Wildman–Crippen MR) is 118 cm³/mol. The molecule has 2 aromatic heterocycles. The van der Waals surface area contributed by atoms with Gasteiger partial charge in [0.15, 0.2) is 5.76 Å². The molecule has 150 valence electrons. The molecule has 1 saturated heterocycles. The summed E-state index contributed by atoms with van der Waals surface area (Å²) in [6.45, 7) is 3.86. The molecule has 4 nitrogen and oxygen atoms in total. The molecule has 0 radical (unpaired) electrons. The number of piperidine rings is 1. The average molecular weight is 397 g/mol. The molecule has 0 amide bonds. The molecule has 4 heterocycles. The smallest absolute Gasteiger partial charge is 0.250 e. The van der Waals surface area contributed by atoms with Crippen molar-refractivity contribution in [1.29, 1.82) is 0 Å². The van der Waals surface area contributed by atoms with Crippen molar-refractivity contribution in [3.63, 3.8) is 0 Å². The van der Waals surface area contributed by atoms with Crippen molar-refractivity contribution in [2.75, 3.05) is 13.1 Å². The van der Waals surface area contributed by atoms with E-state index in [0.717, 1.165) is 37.5 Å². The van der Waals surface area contributed by atoms with Gasteiger partial charge in [-0.1, -0.05) is 48.5 Å². The lowest BCUT2D eigenvalue weighted by atomic mass is 9.80. The third kappa shape index (κ3) is 2.99. The molecule has 4 heteroatoms. The zero-order valence-corrected chi connectivity index (χ0v) is 16.9. The second-order valence-electron chi connectivity index (χ2n) is 8.83. The summed E-state index contributed by atoms with van der Waals surface area (Å²) in [7, 11) is 0. The minimum Gasteiger partial charge on any atom is -0.455 e. The lowest BCUT2D eigenvalue weighted by Gasteiger charge is -2.41. The van der Waals surface area contributed by atoms with Crippen molar-refractivity contribution in [2.24, 2.45) is 5.92 Å². The maximum atomic E-state index is 12.7. The van der Waals surface area contributed by atoms with E-state index in [9.17, 15) is 4.79 Å². The van der Waals surface area contributed by atoms with E-state index in [0.29, 0.717) is 11.8 Å². The summed E-state index contributed by atoms with van der Waals surface area (Å²) < 4.78 is 8.15. The number of hydrogen-bond donors (Lipinski definition) is 1. The molecule has 30 heavy (non-hydrogen) atoms. The van der Waals surface area contributed by atoms with Crippen molar-refractivity contribution in [3.8, 4) is 11.1 Å². The third-order valence-electron chi connectivity index (χ3n) is 6.77. The molecule has 3 atom stereocenters. The normalized spacial score (nSPS) is 22.7. The standard InChI is InChI=1S/C26H24N2O2/c29-25-11-10-23(19-6-2-1-3-7-19)26-21-12-18(15-28(25)26)14-27(16-21)17-22-13-20-8-4-5-9-24(20)30-22/h1-11,13,18,21H,12,14-17H2/p+1/t18-,21+/m0/s1. The van der Waals surface area contributed by atoms with Gasteiger partial charge in [0.2, 0.25) is 0 Å². The highest BCUT2D eigenvalue weighted by Crippen LogP contribution is 2.36. The van der Waals surface area contributed by atoms with E-state index in [2.05, 4.69) is 47.0 Å². The Labute approximate surface area is 175 Å². The average Bonchev–Trinajstić information content (AvgIpc) is 3.17. The third-order valence-corrected chi connectivity index (χ3v) is 6.77. The second-order valence-corrected chi connectivity index (χ2v) is 8.83. The molecule has 2 aromatic carbocycles. The van der Waals surface area contributed by atoms with Crippen molar-refractivity contribution in [1.82, 2.24) is 4.57 Å². The van der Waals surface area contributed by atoms with Crippen LogP contribution in [0.3, 0.4) is 0 Å². The fourth-order valence-corrected chi connectivity index (χ4v) is 5.61. The van der Waals surface area contributed by atoms with Crippen LogP contribution in [0.1, 0.15) is 23.8 Å². The van der Waals surface area contributed by atoms with Gasteiger partial charge >= 0.3 is 0 Å². The Morgan fingerprint density at radius 1 is 0.967 bits per heavy atom. The molecular weight excluding hydrogens is 372 g/mol. The summed E-state index contributed by atoms with van der Waals surface area (Å²) in [5.74, 6) is 2.00. The largest absolute Gasteiger partial charge is 0.455 e. The number of para-hydroxylation sites is 1. The first-order valence-corrected chi connectivity index (χ1v) is 10.8. The van der Waals surface area contributed by atoms with Gasteiger partial charge in [-0.2, -0.15) is 0 Å². The minimum atomic E-state index is 0.139. The molecule has 2 aliphatic rings. The van der Waals surface area contributed by atoms with Gasteiger partial charge in [0.05, 0.1) is 13.1 Å². The number of likely N-dealkylation sites (tertiary alicyclic amines) is 1. The van der Waals surface area contributed by atoms with Crippen LogP contribution in [0, 0.1) is 5.92 Å². The van der Waals surface area contributed by atoms with Crippen LogP contribution in [0.2, 0.25) is 0 Å². The number of hydrogen-bond acceptors (Lipinski definition) is 2. The predicted octanol–water partition coefficient (Wildman–Crippen LogP) is 3.46. The summed E-state index contributed by atoms with van der Waals surface area (Å²) in [4.78, 5) is 14.2. The Bertz CT molecular complexity index is 1240. The molecule has 6 rings (SSSR count). The van der Waals surface area contributed by atoms with E-state index in [1.807, 2.05) is 24.3 Å². The fourth-order valence-electron chi connectivity index (χ4n) is 5.61. The van der Waals surface area contributed by atoms with Gasteiger partial charge in [0, 0.05) is 41.1 Å². The molecule has 2 aliphatic heterocycles. The molecule has 1 N–H and O–H groups in total. The Morgan fingerprint density at radius 2 is 1.80 bits per heavy atom. The van der Waals surface area contributed by atoms with Crippen LogP contribution in [-0.2, 0) is 13.1 Å². The quantitative estimate of drug-likeness (QED) is 0.575. The Kier molecular flexibility index (Phi) is 4.13. The SMILES string of the molecule is O=c1ccc(-c2ccccc2)c2n1C[C@H]1C[C@@H]2C[NH+](Cc2cc3ccccc3o2)C1. The summed E-state index contributed by atoms with van der Waals surface area (Å²) >= 11 is 0. The highest BCUT2D eigenvalue weighted by Gasteiger charge is 2.39. The Morgan fingerprint density at radius 3 is 2.67 bits per heavy atom. The van der Waals surface area contributed by atoms with E-state index in [4.69, 9.17) is 4.42 Å². The van der Waals surface area contributed by atoms with Crippen LogP contribution < -0.4 is 10.5 Å². The lowest BCUT2D eigenvalue weighted by Crippen LogP contribution is -3.13. The van der Waals surface area contributed by atoms with Gasteiger partial charge in [0.25, 0.3) is 5.56 Å². The topological polar surface area (TPSA) is 39.6 Å². The molecule has 0 saturated carbocycles. The fraction of sp³-hybridized carbons (Fsp3) is 0.269. The Balaban J connectivity index is 1.34. The van der Waals surface area contributed by atoms with Crippen LogP contribution in [0.15, 0.2) is 82.0 Å². The number of aromatic nitrogens is 1. The maximum absolute atomic E-state index is 12.7. The zero-order valence-electron chi connectivity index (χ0n) is 16.9. The van der Waals surface area contributed by atoms with Gasteiger partial charge in [-0.3, -0.25) is 4.79 Å². The van der Waals surface area contributed by atoms with Crippen LogP contribution in [-0.4, -0.2) is 17.7 Å². The summed E-state index contributed by atoms with van der Waals surface area (Å²) in [6.07, 6.45) is 1.17. The van der Waals surface area contributed by atoms with Crippen LogP contribution in [0.4, 0.5) is 0 Å². The monoisotopic (exact) mass is 397 g/mol. The van der Waals surface area contributed by atoms with E-state index in [-0.39, 0.29) is 5.56 Å². The maximum Gasteiger partial charge on any atom is 0.250 e. The Hall–Kier alpha value is -3.11. The van der Waals surface area contributed by atoms with E-state index in [1.165, 1.54) is 28.6 Å². The molecule has 1 fully saturated rings. The highest BCUT2D eigenvalue weighted by molar-refractivity contribution is 5.77. The number of nitrogens with zero attached hydrogens (tertiary/aromatic N) is 1. The van der Waals surface area contributed by atoms with Gasteiger partial charge in [0.1, 0.15) is 12.1 Å². The number of fused-ring (bicyclic) bond motifs is 5. The number of pyridine rings is 1. The molecular formula is C26H25N2O2+. The van der Waals surface area contributed by atoms with Gasteiger partial charge in [-0.15, -0.1) is 0 Å². The number of nitrogens with one attached hydrogen (secondary N) is 1. The van der Waals surface area contributed by atoms with Crippen LogP contribution in [0.25, 0.3) is 22.1 Å². The van der Waals surface area contributed by atoms with E-state index >= 15 is 0 Å². The summed E-state index contributed by atoms with van der Waals surface area (Å²) in [5, 5.41) is 1.17. The van der Waals surface area contributed by atoms with Crippen molar-refractivity contribution >= 4 is 11.0 Å². The van der Waals surface area contributed by atoms with Crippen LogP contribution >= 0.6 is 0 Å². The van der Waals surface area contributed by atoms with Gasteiger partial charge in [-0.25, -0.2) is 0 Å². The first kappa shape index (κ1) is 17.7. The molecule has 0 aliphatic carbocycles. The first-order valence-electron chi connectivity index (χ1n) is 10.8.